The van der Waals surface area contributed by atoms with E-state index in [1.165, 1.54) is 6.07 Å². The Bertz CT molecular complexity index is 835. The number of carbonyl (C=O) groups excluding carboxylic acids is 1. The Morgan fingerprint density at radius 1 is 1.09 bits per heavy atom. The summed E-state index contributed by atoms with van der Waals surface area (Å²) in [7, 11) is -4.03. The maximum atomic E-state index is 14.1. The summed E-state index contributed by atoms with van der Waals surface area (Å²) in [6, 6.07) is 10.6. The van der Waals surface area contributed by atoms with Crippen molar-refractivity contribution in [1.82, 2.24) is 0 Å². The van der Waals surface area contributed by atoms with Gasteiger partial charge in [-0.25, -0.2) is 12.8 Å². The number of benzene rings is 2. The van der Waals surface area contributed by atoms with Gasteiger partial charge in [-0.1, -0.05) is 18.2 Å². The van der Waals surface area contributed by atoms with E-state index in [1.54, 1.807) is 30.3 Å². The van der Waals surface area contributed by atoms with Crippen LogP contribution in [-0.4, -0.2) is 14.3 Å². The molecule has 0 spiro atoms. The molecule has 114 valence electrons. The van der Waals surface area contributed by atoms with E-state index in [1.807, 2.05) is 0 Å². The number of amides is 1. The van der Waals surface area contributed by atoms with E-state index in [0.29, 0.717) is 23.4 Å². The fourth-order valence-corrected chi connectivity index (χ4v) is 3.47. The first-order valence-corrected chi connectivity index (χ1v) is 8.14. The fraction of sp³-hybridized carbons (Fsp3) is 0.133. The zero-order valence-corrected chi connectivity index (χ0v) is 12.3. The SMILES string of the molecule is O=C1CCc2cc(S(=O)(=O)Nc3ccccc3)c(F)cc2N1. The minimum absolute atomic E-state index is 0.204. The smallest absolute Gasteiger partial charge is 0.264 e. The van der Waals surface area contributed by atoms with Crippen LogP contribution in [0.3, 0.4) is 0 Å². The average Bonchev–Trinajstić information content (AvgIpc) is 2.46. The third kappa shape index (κ3) is 2.80. The minimum Gasteiger partial charge on any atom is -0.326 e. The lowest BCUT2D eigenvalue weighted by atomic mass is 10.0. The third-order valence-electron chi connectivity index (χ3n) is 3.37. The predicted molar refractivity (Wildman–Crippen MR) is 80.6 cm³/mol. The molecule has 5 nitrogen and oxygen atoms in total. The molecule has 7 heteroatoms. The van der Waals surface area contributed by atoms with Crippen LogP contribution < -0.4 is 10.0 Å². The number of nitrogens with one attached hydrogen (secondary N) is 2. The van der Waals surface area contributed by atoms with Gasteiger partial charge in [-0.05, 0) is 36.2 Å². The molecule has 2 aromatic rings. The summed E-state index contributed by atoms with van der Waals surface area (Å²) in [5.74, 6) is -1.10. The molecular weight excluding hydrogens is 307 g/mol. The van der Waals surface area contributed by atoms with Crippen molar-refractivity contribution in [3.63, 3.8) is 0 Å². The molecule has 2 aromatic carbocycles. The molecule has 22 heavy (non-hydrogen) atoms. The number of anilines is 2. The maximum absolute atomic E-state index is 14.1. The highest BCUT2D eigenvalue weighted by molar-refractivity contribution is 7.92. The average molecular weight is 320 g/mol. The first-order chi connectivity index (χ1) is 10.5. The fourth-order valence-electron chi connectivity index (χ4n) is 2.30. The van der Waals surface area contributed by atoms with Crippen molar-refractivity contribution in [2.45, 2.75) is 17.7 Å². The molecule has 1 aliphatic heterocycles. The number of sulfonamides is 1. The maximum Gasteiger partial charge on any atom is 0.264 e. The van der Waals surface area contributed by atoms with Gasteiger partial charge in [-0.15, -0.1) is 0 Å². The second-order valence-electron chi connectivity index (χ2n) is 4.96. The van der Waals surface area contributed by atoms with Gasteiger partial charge in [0, 0.05) is 17.8 Å². The van der Waals surface area contributed by atoms with E-state index in [4.69, 9.17) is 0 Å². The Balaban J connectivity index is 1.99. The zero-order chi connectivity index (χ0) is 15.7. The Labute approximate surface area is 127 Å². The van der Waals surface area contributed by atoms with E-state index < -0.39 is 20.7 Å². The molecule has 0 saturated carbocycles. The molecular formula is C15H13FN2O3S. The molecule has 1 heterocycles. The molecule has 0 radical (unpaired) electrons. The van der Waals surface area contributed by atoms with E-state index in [2.05, 4.69) is 10.0 Å². The van der Waals surface area contributed by atoms with E-state index in [0.717, 1.165) is 6.07 Å². The van der Waals surface area contributed by atoms with Gasteiger partial charge in [-0.2, -0.15) is 0 Å². The van der Waals surface area contributed by atoms with Crippen LogP contribution in [0.15, 0.2) is 47.4 Å². The van der Waals surface area contributed by atoms with Crippen LogP contribution in [0, 0.1) is 5.82 Å². The van der Waals surface area contributed by atoms with E-state index in [9.17, 15) is 17.6 Å². The van der Waals surface area contributed by atoms with Gasteiger partial charge < -0.3 is 5.32 Å². The van der Waals surface area contributed by atoms with E-state index >= 15 is 0 Å². The quantitative estimate of drug-likeness (QED) is 0.912. The van der Waals surface area contributed by atoms with Gasteiger partial charge >= 0.3 is 0 Å². The zero-order valence-electron chi connectivity index (χ0n) is 11.5. The summed E-state index contributed by atoms with van der Waals surface area (Å²) in [6.07, 6.45) is 0.638. The standard InChI is InChI=1S/C15H13FN2O3S/c16-12-9-13-10(6-7-15(19)17-13)8-14(12)22(20,21)18-11-4-2-1-3-5-11/h1-5,8-9,18H,6-7H2,(H,17,19). The molecule has 1 amide bonds. The van der Waals surface area contributed by atoms with Gasteiger partial charge in [0.15, 0.2) is 0 Å². The van der Waals surface area contributed by atoms with Crippen molar-refractivity contribution in [3.8, 4) is 0 Å². The molecule has 3 rings (SSSR count). The first kappa shape index (κ1) is 14.5. The first-order valence-electron chi connectivity index (χ1n) is 6.66. The topological polar surface area (TPSA) is 75.3 Å². The van der Waals surface area contributed by atoms with E-state index in [-0.39, 0.29) is 12.3 Å². The second kappa shape index (κ2) is 5.42. The largest absolute Gasteiger partial charge is 0.326 e. The second-order valence-corrected chi connectivity index (χ2v) is 6.61. The lowest BCUT2D eigenvalue weighted by molar-refractivity contribution is -0.116. The minimum atomic E-state index is -4.03. The molecule has 2 N–H and O–H groups in total. The van der Waals surface area contributed by atoms with Crippen LogP contribution in [0.1, 0.15) is 12.0 Å². The highest BCUT2D eigenvalue weighted by atomic mass is 32.2. The highest BCUT2D eigenvalue weighted by Gasteiger charge is 2.24. The number of para-hydroxylation sites is 1. The number of hydrogen-bond acceptors (Lipinski definition) is 3. The van der Waals surface area contributed by atoms with Crippen molar-refractivity contribution in [2.75, 3.05) is 10.0 Å². The monoisotopic (exact) mass is 320 g/mol. The van der Waals surface area contributed by atoms with Crippen LogP contribution in [0.2, 0.25) is 0 Å². The molecule has 0 aromatic heterocycles. The molecule has 0 fully saturated rings. The van der Waals surface area contributed by atoms with Gasteiger partial charge in [0.1, 0.15) is 10.7 Å². The van der Waals surface area contributed by atoms with Crippen LogP contribution in [0.5, 0.6) is 0 Å². The number of halogens is 1. The van der Waals surface area contributed by atoms with Gasteiger partial charge in [0.05, 0.1) is 0 Å². The van der Waals surface area contributed by atoms with Crippen molar-refractivity contribution in [1.29, 1.82) is 0 Å². The number of hydrogen-bond donors (Lipinski definition) is 2. The number of fused-ring (bicyclic) bond motifs is 1. The van der Waals surface area contributed by atoms with Gasteiger partial charge in [-0.3, -0.25) is 9.52 Å². The number of carbonyl (C=O) groups is 1. The summed E-state index contributed by atoms with van der Waals surface area (Å²) in [5, 5.41) is 2.53. The Hall–Kier alpha value is -2.41. The van der Waals surface area contributed by atoms with Crippen LogP contribution in [0.25, 0.3) is 0 Å². The predicted octanol–water partition coefficient (Wildman–Crippen LogP) is 2.51. The van der Waals surface area contributed by atoms with Crippen LogP contribution in [-0.2, 0) is 21.2 Å². The molecule has 1 aliphatic rings. The molecule has 0 unspecified atom stereocenters. The molecule has 0 atom stereocenters. The summed E-state index contributed by atoms with van der Waals surface area (Å²) >= 11 is 0. The number of rotatable bonds is 3. The Morgan fingerprint density at radius 3 is 2.55 bits per heavy atom. The van der Waals surface area contributed by atoms with Crippen molar-refractivity contribution in [2.24, 2.45) is 0 Å². The lowest BCUT2D eigenvalue weighted by Gasteiger charge is -2.18. The third-order valence-corrected chi connectivity index (χ3v) is 4.77. The molecule has 0 aliphatic carbocycles. The Morgan fingerprint density at radius 2 is 1.82 bits per heavy atom. The number of aryl methyl sites for hydroxylation is 1. The highest BCUT2D eigenvalue weighted by Crippen LogP contribution is 2.29. The van der Waals surface area contributed by atoms with Gasteiger partial charge in [0.25, 0.3) is 10.0 Å². The van der Waals surface area contributed by atoms with Gasteiger partial charge in [0.2, 0.25) is 5.91 Å². The summed E-state index contributed by atoms with van der Waals surface area (Å²) < 4.78 is 41.1. The Kier molecular flexibility index (Phi) is 3.58. The summed E-state index contributed by atoms with van der Waals surface area (Å²) in [4.78, 5) is 10.9. The molecule has 0 bridgehead atoms. The lowest BCUT2D eigenvalue weighted by Crippen LogP contribution is -2.21. The van der Waals surface area contributed by atoms with Crippen molar-refractivity contribution >= 4 is 27.3 Å². The van der Waals surface area contributed by atoms with Crippen LogP contribution >= 0.6 is 0 Å². The molecule has 0 saturated heterocycles. The summed E-state index contributed by atoms with van der Waals surface area (Å²) in [5.41, 5.74) is 1.29. The normalized spacial score (nSPS) is 14.1. The van der Waals surface area contributed by atoms with Crippen molar-refractivity contribution in [3.05, 3.63) is 53.8 Å². The summed E-state index contributed by atoms with van der Waals surface area (Å²) in [6.45, 7) is 0. The van der Waals surface area contributed by atoms with Crippen molar-refractivity contribution < 1.29 is 17.6 Å². The van der Waals surface area contributed by atoms with Crippen LogP contribution in [0.4, 0.5) is 15.8 Å².